The summed E-state index contributed by atoms with van der Waals surface area (Å²) < 4.78 is 0. The molecule has 0 bridgehead atoms. The third-order valence-electron chi connectivity index (χ3n) is 3.29. The average Bonchev–Trinajstić information content (AvgIpc) is 2.79. The van der Waals surface area contributed by atoms with Crippen LogP contribution in [0.4, 0.5) is 10.7 Å². The number of Topliss-reactive ketones (excluding diaryl/α,β-unsaturated/α-hetero) is 1. The summed E-state index contributed by atoms with van der Waals surface area (Å²) in [6.07, 6.45) is 2.26. The largest absolute Gasteiger partial charge is 0.397 e. The molecule has 0 radical (unpaired) electrons. The van der Waals surface area contributed by atoms with E-state index in [0.29, 0.717) is 21.9 Å². The van der Waals surface area contributed by atoms with Gasteiger partial charge in [-0.05, 0) is 12.8 Å². The number of carbonyl (C=O) groups excluding carboxylic acids is 2. The maximum Gasteiger partial charge on any atom is 0.256 e. The Hall–Kier alpha value is -1.56. The Morgan fingerprint density at radius 1 is 1.25 bits per heavy atom. The van der Waals surface area contributed by atoms with Gasteiger partial charge < -0.3 is 16.4 Å². The highest BCUT2D eigenvalue weighted by Crippen LogP contribution is 2.37. The van der Waals surface area contributed by atoms with Crippen LogP contribution in [0.15, 0.2) is 0 Å². The van der Waals surface area contributed by atoms with Crippen LogP contribution in [0.5, 0.6) is 0 Å². The first kappa shape index (κ1) is 16.5. The van der Waals surface area contributed by atoms with E-state index in [2.05, 4.69) is 24.5 Å². The summed E-state index contributed by atoms with van der Waals surface area (Å²) in [6, 6.07) is 0.265. The van der Waals surface area contributed by atoms with Crippen LogP contribution >= 0.6 is 11.3 Å². The highest BCUT2D eigenvalue weighted by Gasteiger charge is 2.25. The van der Waals surface area contributed by atoms with Crippen LogP contribution in [-0.2, 0) is 0 Å². The quantitative estimate of drug-likeness (QED) is 0.676. The summed E-state index contributed by atoms with van der Waals surface area (Å²) in [4.78, 5) is 24.4. The Balaban J connectivity index is 3.26. The summed E-state index contributed by atoms with van der Waals surface area (Å²) in [5.41, 5.74) is 6.68. The first-order valence-electron chi connectivity index (χ1n) is 6.94. The molecule has 1 heterocycles. The number of nitrogen functional groups attached to an aromatic ring is 1. The van der Waals surface area contributed by atoms with E-state index in [9.17, 15) is 9.59 Å². The predicted molar refractivity (Wildman–Crippen MR) is 84.7 cm³/mol. The van der Waals surface area contributed by atoms with E-state index < -0.39 is 0 Å². The van der Waals surface area contributed by atoms with Gasteiger partial charge in [-0.2, -0.15) is 0 Å². The van der Waals surface area contributed by atoms with Crippen molar-refractivity contribution in [3.63, 3.8) is 0 Å². The summed E-state index contributed by atoms with van der Waals surface area (Å²) in [7, 11) is 1.56. The van der Waals surface area contributed by atoms with Gasteiger partial charge in [-0.15, -0.1) is 11.3 Å². The van der Waals surface area contributed by atoms with E-state index >= 15 is 0 Å². The van der Waals surface area contributed by atoms with Crippen molar-refractivity contribution in [2.24, 2.45) is 0 Å². The summed E-state index contributed by atoms with van der Waals surface area (Å²) >= 11 is 1.28. The van der Waals surface area contributed by atoms with Gasteiger partial charge in [0.15, 0.2) is 5.78 Å². The number of amides is 1. The van der Waals surface area contributed by atoms with Crippen molar-refractivity contribution < 1.29 is 9.59 Å². The SMILES string of the molecule is CCC(=O)c1sc(NC(CC)CC)c(C(=O)NC)c1N. The van der Waals surface area contributed by atoms with Crippen molar-refractivity contribution in [1.29, 1.82) is 0 Å². The molecule has 6 heteroatoms. The fourth-order valence-corrected chi connectivity index (χ4v) is 3.15. The van der Waals surface area contributed by atoms with Gasteiger partial charge in [0.2, 0.25) is 0 Å². The number of anilines is 2. The van der Waals surface area contributed by atoms with Gasteiger partial charge in [0.25, 0.3) is 5.91 Å². The zero-order valence-corrected chi connectivity index (χ0v) is 13.3. The molecule has 0 saturated carbocycles. The molecule has 20 heavy (non-hydrogen) atoms. The van der Waals surface area contributed by atoms with Crippen LogP contribution in [-0.4, -0.2) is 24.8 Å². The maximum absolute atomic E-state index is 12.0. The van der Waals surface area contributed by atoms with Crippen LogP contribution in [0.25, 0.3) is 0 Å². The second-order valence-corrected chi connectivity index (χ2v) is 5.58. The molecule has 0 saturated heterocycles. The van der Waals surface area contributed by atoms with E-state index in [1.807, 2.05) is 0 Å². The summed E-state index contributed by atoms with van der Waals surface area (Å²) in [5.74, 6) is -0.294. The van der Waals surface area contributed by atoms with Crippen LogP contribution in [0.3, 0.4) is 0 Å². The monoisotopic (exact) mass is 297 g/mol. The maximum atomic E-state index is 12.0. The number of hydrogen-bond donors (Lipinski definition) is 3. The van der Waals surface area contributed by atoms with E-state index in [1.165, 1.54) is 11.3 Å². The molecule has 0 aliphatic rings. The fraction of sp³-hybridized carbons (Fsp3) is 0.571. The predicted octanol–water partition coefficient (Wildman–Crippen LogP) is 2.88. The van der Waals surface area contributed by atoms with E-state index in [1.54, 1.807) is 14.0 Å². The van der Waals surface area contributed by atoms with Gasteiger partial charge in [0.05, 0.1) is 16.1 Å². The van der Waals surface area contributed by atoms with E-state index in [4.69, 9.17) is 5.73 Å². The van der Waals surface area contributed by atoms with Crippen molar-refractivity contribution in [3.05, 3.63) is 10.4 Å². The number of hydrogen-bond acceptors (Lipinski definition) is 5. The Kier molecular flexibility index (Phi) is 6.01. The fourth-order valence-electron chi connectivity index (χ4n) is 1.94. The lowest BCUT2D eigenvalue weighted by atomic mass is 10.1. The molecule has 4 N–H and O–H groups in total. The van der Waals surface area contributed by atoms with Crippen molar-refractivity contribution in [2.45, 2.75) is 46.1 Å². The molecule has 1 aromatic heterocycles. The van der Waals surface area contributed by atoms with E-state index in [-0.39, 0.29) is 23.4 Å². The van der Waals surface area contributed by atoms with Crippen LogP contribution in [0, 0.1) is 0 Å². The average molecular weight is 297 g/mol. The number of rotatable bonds is 7. The number of nitrogens with one attached hydrogen (secondary N) is 2. The smallest absolute Gasteiger partial charge is 0.256 e. The highest BCUT2D eigenvalue weighted by molar-refractivity contribution is 7.19. The first-order chi connectivity index (χ1) is 9.49. The second kappa shape index (κ2) is 7.28. The highest BCUT2D eigenvalue weighted by atomic mass is 32.1. The molecule has 112 valence electrons. The lowest BCUT2D eigenvalue weighted by Gasteiger charge is -2.15. The molecule has 5 nitrogen and oxygen atoms in total. The van der Waals surface area contributed by atoms with Crippen molar-refractivity contribution >= 4 is 33.7 Å². The van der Waals surface area contributed by atoms with Crippen LogP contribution < -0.4 is 16.4 Å². The minimum absolute atomic E-state index is 0.0322. The number of ketones is 1. The Labute approximate surface area is 123 Å². The molecule has 0 aliphatic carbocycles. The molecule has 1 amide bonds. The van der Waals surface area contributed by atoms with Crippen LogP contribution in [0.2, 0.25) is 0 Å². The van der Waals surface area contributed by atoms with Gasteiger partial charge in [-0.1, -0.05) is 20.8 Å². The Morgan fingerprint density at radius 3 is 2.30 bits per heavy atom. The summed E-state index contributed by atoms with van der Waals surface area (Å²) in [6.45, 7) is 5.95. The third-order valence-corrected chi connectivity index (χ3v) is 4.47. The molecule has 0 spiro atoms. The molecule has 0 aliphatic heterocycles. The van der Waals surface area contributed by atoms with Crippen LogP contribution in [0.1, 0.15) is 60.1 Å². The van der Waals surface area contributed by atoms with Gasteiger partial charge in [-0.25, -0.2) is 0 Å². The molecule has 0 atom stereocenters. The lowest BCUT2D eigenvalue weighted by Crippen LogP contribution is -2.23. The van der Waals surface area contributed by atoms with Gasteiger partial charge in [0, 0.05) is 19.5 Å². The summed E-state index contributed by atoms with van der Waals surface area (Å²) in [5, 5.41) is 6.59. The zero-order valence-electron chi connectivity index (χ0n) is 12.5. The number of nitrogens with two attached hydrogens (primary N) is 1. The van der Waals surface area contributed by atoms with Gasteiger partial charge in [-0.3, -0.25) is 9.59 Å². The molecule has 0 aromatic carbocycles. The molecule has 0 unspecified atom stereocenters. The van der Waals surface area contributed by atoms with E-state index in [0.717, 1.165) is 12.8 Å². The molecule has 1 rings (SSSR count). The number of carbonyl (C=O) groups is 2. The molecule has 0 fully saturated rings. The molecular weight excluding hydrogens is 274 g/mol. The standard InChI is InChI=1S/C14H23N3O2S/c1-5-8(6-2)17-14-10(13(19)16-4)11(15)12(20-14)9(18)7-3/h8,17H,5-7,15H2,1-4H3,(H,16,19). The van der Waals surface area contributed by atoms with Gasteiger partial charge >= 0.3 is 0 Å². The first-order valence-corrected chi connectivity index (χ1v) is 7.75. The normalized spacial score (nSPS) is 10.7. The minimum Gasteiger partial charge on any atom is -0.397 e. The zero-order chi connectivity index (χ0) is 15.3. The third kappa shape index (κ3) is 3.30. The Morgan fingerprint density at radius 2 is 1.85 bits per heavy atom. The molecular formula is C14H23N3O2S. The molecule has 1 aromatic rings. The van der Waals surface area contributed by atoms with Gasteiger partial charge in [0.1, 0.15) is 5.00 Å². The Bertz CT molecular complexity index is 493. The van der Waals surface area contributed by atoms with Crippen molar-refractivity contribution in [3.8, 4) is 0 Å². The lowest BCUT2D eigenvalue weighted by molar-refractivity contribution is 0.0964. The van der Waals surface area contributed by atoms with Crippen molar-refractivity contribution in [2.75, 3.05) is 18.1 Å². The minimum atomic E-state index is -0.262. The number of thiophene rings is 1. The van der Waals surface area contributed by atoms with Crippen molar-refractivity contribution in [1.82, 2.24) is 5.32 Å². The topological polar surface area (TPSA) is 84.2 Å². The second-order valence-electron chi connectivity index (χ2n) is 4.56.